The summed E-state index contributed by atoms with van der Waals surface area (Å²) in [5.41, 5.74) is -0.318. The maximum Gasteiger partial charge on any atom is 0.261 e. The molecule has 22 heavy (non-hydrogen) atoms. The van der Waals surface area contributed by atoms with Crippen LogP contribution in [0.25, 0.3) is 11.5 Å². The molecule has 6 nitrogen and oxygen atoms in total. The van der Waals surface area contributed by atoms with Crippen LogP contribution < -0.4 is 10.9 Å². The minimum absolute atomic E-state index is 0.00185. The van der Waals surface area contributed by atoms with E-state index in [-0.39, 0.29) is 17.6 Å². The van der Waals surface area contributed by atoms with Gasteiger partial charge in [-0.1, -0.05) is 20.8 Å². The Kier molecular flexibility index (Phi) is 4.51. The third kappa shape index (κ3) is 3.46. The Morgan fingerprint density at radius 3 is 2.59 bits per heavy atom. The molecule has 6 heteroatoms. The highest BCUT2D eigenvalue weighted by Crippen LogP contribution is 2.19. The highest BCUT2D eigenvalue weighted by atomic mass is 16.3. The second-order valence-corrected chi connectivity index (χ2v) is 6.17. The molecular formula is C16H20N2O4. The van der Waals surface area contributed by atoms with Crippen molar-refractivity contribution in [2.45, 2.75) is 26.8 Å². The molecule has 3 N–H and O–H groups in total. The van der Waals surface area contributed by atoms with Crippen LogP contribution in [0, 0.1) is 5.41 Å². The van der Waals surface area contributed by atoms with E-state index in [1.807, 2.05) is 20.8 Å². The third-order valence-electron chi connectivity index (χ3n) is 3.47. The molecule has 0 bridgehead atoms. The molecule has 0 aromatic carbocycles. The SMILES string of the molecule is CC(C)(C)C(CO)NC(=O)c1ccc(-c2ccco2)[nH]c1=O. The molecule has 0 saturated carbocycles. The molecule has 0 radical (unpaired) electrons. The lowest BCUT2D eigenvalue weighted by Crippen LogP contribution is -2.47. The van der Waals surface area contributed by atoms with Crippen molar-refractivity contribution in [3.63, 3.8) is 0 Å². The second-order valence-electron chi connectivity index (χ2n) is 6.17. The molecule has 118 valence electrons. The maximum atomic E-state index is 12.2. The lowest BCUT2D eigenvalue weighted by Gasteiger charge is -2.29. The Morgan fingerprint density at radius 2 is 2.09 bits per heavy atom. The van der Waals surface area contributed by atoms with Crippen LogP contribution in [0.4, 0.5) is 0 Å². The largest absolute Gasteiger partial charge is 0.463 e. The van der Waals surface area contributed by atoms with Crippen molar-refractivity contribution in [3.05, 3.63) is 46.4 Å². The number of amides is 1. The topological polar surface area (TPSA) is 95.3 Å². The van der Waals surface area contributed by atoms with Gasteiger partial charge in [0.2, 0.25) is 0 Å². The van der Waals surface area contributed by atoms with Gasteiger partial charge < -0.3 is 19.8 Å². The number of hydrogen-bond donors (Lipinski definition) is 3. The zero-order valence-electron chi connectivity index (χ0n) is 12.8. The number of aromatic amines is 1. The second kappa shape index (κ2) is 6.19. The predicted octanol–water partition coefficient (Wildman–Crippen LogP) is 1.77. The minimum atomic E-state index is -0.513. The van der Waals surface area contributed by atoms with Crippen LogP contribution in [0.5, 0.6) is 0 Å². The Labute approximate surface area is 128 Å². The molecule has 2 aromatic heterocycles. The normalized spacial score (nSPS) is 12.9. The average molecular weight is 304 g/mol. The molecule has 2 rings (SSSR count). The van der Waals surface area contributed by atoms with E-state index in [1.54, 1.807) is 18.2 Å². The fraction of sp³-hybridized carbons (Fsp3) is 0.375. The summed E-state index contributed by atoms with van der Waals surface area (Å²) in [4.78, 5) is 26.9. The predicted molar refractivity (Wildman–Crippen MR) is 82.6 cm³/mol. The van der Waals surface area contributed by atoms with Gasteiger partial charge in [0, 0.05) is 0 Å². The van der Waals surface area contributed by atoms with Crippen LogP contribution >= 0.6 is 0 Å². The summed E-state index contributed by atoms with van der Waals surface area (Å²) >= 11 is 0. The quantitative estimate of drug-likeness (QED) is 0.802. The lowest BCUT2D eigenvalue weighted by molar-refractivity contribution is 0.0846. The van der Waals surface area contributed by atoms with Crippen molar-refractivity contribution in [2.75, 3.05) is 6.61 Å². The summed E-state index contributed by atoms with van der Waals surface area (Å²) in [6.45, 7) is 5.51. The van der Waals surface area contributed by atoms with Gasteiger partial charge in [0.1, 0.15) is 11.3 Å². The molecule has 2 aromatic rings. The average Bonchev–Trinajstić information content (AvgIpc) is 2.97. The van der Waals surface area contributed by atoms with Gasteiger partial charge in [0.25, 0.3) is 11.5 Å². The van der Waals surface area contributed by atoms with Crippen molar-refractivity contribution < 1.29 is 14.3 Å². The standard InChI is InChI=1S/C16H20N2O4/c1-16(2,3)13(9-19)18-15(21)10-6-7-11(17-14(10)20)12-5-4-8-22-12/h4-8,13,19H,9H2,1-3H3,(H,17,20)(H,18,21). The summed E-state index contributed by atoms with van der Waals surface area (Å²) in [6, 6.07) is 6.04. The van der Waals surface area contributed by atoms with Gasteiger partial charge in [-0.05, 0) is 29.7 Å². The van der Waals surface area contributed by atoms with Crippen molar-refractivity contribution in [3.8, 4) is 11.5 Å². The highest BCUT2D eigenvalue weighted by Gasteiger charge is 2.26. The third-order valence-corrected chi connectivity index (χ3v) is 3.47. The van der Waals surface area contributed by atoms with Crippen LogP contribution in [0.15, 0.2) is 39.7 Å². The van der Waals surface area contributed by atoms with Gasteiger partial charge in [-0.25, -0.2) is 0 Å². The van der Waals surface area contributed by atoms with Crippen LogP contribution in [0.1, 0.15) is 31.1 Å². The van der Waals surface area contributed by atoms with Crippen LogP contribution in [-0.4, -0.2) is 28.6 Å². The summed E-state index contributed by atoms with van der Waals surface area (Å²) in [7, 11) is 0. The van der Waals surface area contributed by atoms with E-state index in [9.17, 15) is 14.7 Å². The van der Waals surface area contributed by atoms with E-state index in [1.165, 1.54) is 12.3 Å². The number of rotatable bonds is 4. The summed E-state index contributed by atoms with van der Waals surface area (Å²) in [5.74, 6) is 0.00760. The van der Waals surface area contributed by atoms with Gasteiger partial charge in [-0.2, -0.15) is 0 Å². The van der Waals surface area contributed by atoms with Gasteiger partial charge in [-0.15, -0.1) is 0 Å². The number of H-pyrrole nitrogens is 1. The number of nitrogens with one attached hydrogen (secondary N) is 2. The van der Waals surface area contributed by atoms with Crippen molar-refractivity contribution >= 4 is 5.91 Å². The fourth-order valence-corrected chi connectivity index (χ4v) is 2.00. The van der Waals surface area contributed by atoms with Crippen LogP contribution in [0.3, 0.4) is 0 Å². The zero-order chi connectivity index (χ0) is 16.3. The first kappa shape index (κ1) is 16.0. The molecule has 0 spiro atoms. The summed E-state index contributed by atoms with van der Waals surface area (Å²) in [6.07, 6.45) is 1.50. The Hall–Kier alpha value is -2.34. The number of hydrogen-bond acceptors (Lipinski definition) is 4. The van der Waals surface area contributed by atoms with Gasteiger partial charge >= 0.3 is 0 Å². The first-order valence-electron chi connectivity index (χ1n) is 7.02. The molecule has 2 heterocycles. The smallest absolute Gasteiger partial charge is 0.261 e. The molecule has 1 atom stereocenters. The molecule has 0 fully saturated rings. The molecule has 0 saturated heterocycles. The molecular weight excluding hydrogens is 284 g/mol. The Morgan fingerprint density at radius 1 is 1.36 bits per heavy atom. The van der Waals surface area contributed by atoms with Gasteiger partial charge in [0.15, 0.2) is 0 Å². The monoisotopic (exact) mass is 304 g/mol. The van der Waals surface area contributed by atoms with Crippen molar-refractivity contribution in [1.29, 1.82) is 0 Å². The van der Waals surface area contributed by atoms with E-state index in [0.717, 1.165) is 0 Å². The first-order valence-corrected chi connectivity index (χ1v) is 7.02. The van der Waals surface area contributed by atoms with Crippen molar-refractivity contribution in [1.82, 2.24) is 10.3 Å². The maximum absolute atomic E-state index is 12.2. The molecule has 0 aliphatic carbocycles. The van der Waals surface area contributed by atoms with Crippen LogP contribution in [0.2, 0.25) is 0 Å². The van der Waals surface area contributed by atoms with Crippen molar-refractivity contribution in [2.24, 2.45) is 5.41 Å². The minimum Gasteiger partial charge on any atom is -0.463 e. The molecule has 1 amide bonds. The Balaban J connectivity index is 2.22. The van der Waals surface area contributed by atoms with E-state index in [2.05, 4.69) is 10.3 Å². The number of carbonyl (C=O) groups excluding carboxylic acids is 1. The van der Waals surface area contributed by atoms with E-state index < -0.39 is 17.5 Å². The number of carbonyl (C=O) groups is 1. The van der Waals surface area contributed by atoms with E-state index >= 15 is 0 Å². The molecule has 0 aliphatic heterocycles. The Bertz CT molecular complexity index is 696. The van der Waals surface area contributed by atoms with E-state index in [4.69, 9.17) is 4.42 Å². The lowest BCUT2D eigenvalue weighted by atomic mass is 9.87. The van der Waals surface area contributed by atoms with E-state index in [0.29, 0.717) is 11.5 Å². The number of furan rings is 1. The molecule has 0 aliphatic rings. The number of aliphatic hydroxyl groups is 1. The summed E-state index contributed by atoms with van der Waals surface area (Å²) < 4.78 is 5.20. The first-order chi connectivity index (χ1) is 10.3. The number of aliphatic hydroxyl groups excluding tert-OH is 1. The summed E-state index contributed by atoms with van der Waals surface area (Å²) in [5, 5.41) is 12.1. The number of pyridine rings is 1. The zero-order valence-corrected chi connectivity index (χ0v) is 12.8. The molecule has 1 unspecified atom stereocenters. The van der Waals surface area contributed by atoms with Gasteiger partial charge in [0.05, 0.1) is 24.6 Å². The van der Waals surface area contributed by atoms with Crippen LogP contribution in [-0.2, 0) is 0 Å². The van der Waals surface area contributed by atoms with Gasteiger partial charge in [-0.3, -0.25) is 9.59 Å². The fourth-order valence-electron chi connectivity index (χ4n) is 2.00. The number of aromatic nitrogens is 1. The highest BCUT2D eigenvalue weighted by molar-refractivity contribution is 5.94.